The lowest BCUT2D eigenvalue weighted by Gasteiger charge is -2.07. The molecule has 0 saturated carbocycles. The van der Waals surface area contributed by atoms with Crippen LogP contribution in [0, 0.1) is 5.82 Å². The molecular weight excluding hydrogens is 279 g/mol. The molecule has 1 amide bonds. The summed E-state index contributed by atoms with van der Waals surface area (Å²) < 4.78 is 13.9. The Hall–Kier alpha value is -2.02. The van der Waals surface area contributed by atoms with Crippen molar-refractivity contribution in [1.82, 2.24) is 15.3 Å². The molecule has 0 atom stereocenters. The lowest BCUT2D eigenvalue weighted by atomic mass is 10.2. The molecule has 0 radical (unpaired) electrons. The SMILES string of the molecule is CCc1cnc(CNC(=O)c2ccnc(NC)c2F)s1. The lowest BCUT2D eigenvalue weighted by Crippen LogP contribution is -2.24. The molecule has 0 aromatic carbocycles. The van der Waals surface area contributed by atoms with E-state index in [1.165, 1.54) is 23.6 Å². The maximum Gasteiger partial charge on any atom is 0.254 e. The molecule has 0 bridgehead atoms. The van der Waals surface area contributed by atoms with Crippen LogP contribution in [0.1, 0.15) is 27.2 Å². The Morgan fingerprint density at radius 3 is 2.90 bits per heavy atom. The van der Waals surface area contributed by atoms with Crippen molar-refractivity contribution in [3.05, 3.63) is 39.7 Å². The Balaban J connectivity index is 2.05. The van der Waals surface area contributed by atoms with E-state index in [2.05, 4.69) is 20.6 Å². The summed E-state index contributed by atoms with van der Waals surface area (Å²) in [5.41, 5.74) is -0.0309. The number of aromatic nitrogens is 2. The molecule has 2 heterocycles. The van der Waals surface area contributed by atoms with Crippen molar-refractivity contribution in [2.75, 3.05) is 12.4 Å². The molecule has 0 aliphatic carbocycles. The summed E-state index contributed by atoms with van der Waals surface area (Å²) in [5, 5.41) is 6.06. The van der Waals surface area contributed by atoms with E-state index in [4.69, 9.17) is 0 Å². The van der Waals surface area contributed by atoms with Gasteiger partial charge in [-0.15, -0.1) is 11.3 Å². The van der Waals surface area contributed by atoms with E-state index < -0.39 is 11.7 Å². The molecule has 7 heteroatoms. The number of aryl methyl sites for hydroxylation is 1. The average Bonchev–Trinajstić information content (AvgIpc) is 2.93. The molecule has 2 rings (SSSR count). The van der Waals surface area contributed by atoms with Gasteiger partial charge >= 0.3 is 0 Å². The Labute approximate surface area is 120 Å². The van der Waals surface area contributed by atoms with Crippen LogP contribution in [0.25, 0.3) is 0 Å². The molecule has 2 aromatic heterocycles. The zero-order chi connectivity index (χ0) is 14.5. The molecule has 0 spiro atoms. The molecular formula is C13H15FN4OS. The summed E-state index contributed by atoms with van der Waals surface area (Å²) in [6.45, 7) is 2.33. The maximum absolute atomic E-state index is 13.9. The van der Waals surface area contributed by atoms with Gasteiger partial charge in [0.1, 0.15) is 5.01 Å². The number of carbonyl (C=O) groups is 1. The van der Waals surface area contributed by atoms with Crippen molar-refractivity contribution in [3.63, 3.8) is 0 Å². The van der Waals surface area contributed by atoms with Crippen molar-refractivity contribution in [1.29, 1.82) is 0 Å². The molecule has 0 fully saturated rings. The molecule has 0 aliphatic heterocycles. The number of rotatable bonds is 5. The van der Waals surface area contributed by atoms with E-state index in [0.29, 0.717) is 6.54 Å². The van der Waals surface area contributed by atoms with E-state index in [-0.39, 0.29) is 11.4 Å². The first-order chi connectivity index (χ1) is 9.65. The Morgan fingerprint density at radius 2 is 2.25 bits per heavy atom. The molecule has 0 saturated heterocycles. The summed E-state index contributed by atoms with van der Waals surface area (Å²) in [6, 6.07) is 1.35. The minimum atomic E-state index is -0.652. The van der Waals surface area contributed by atoms with E-state index in [1.807, 2.05) is 6.92 Å². The monoisotopic (exact) mass is 294 g/mol. The zero-order valence-electron chi connectivity index (χ0n) is 11.2. The summed E-state index contributed by atoms with van der Waals surface area (Å²) in [4.78, 5) is 21.1. The largest absolute Gasteiger partial charge is 0.371 e. The second-order valence-electron chi connectivity index (χ2n) is 4.03. The summed E-state index contributed by atoms with van der Waals surface area (Å²) in [6.07, 6.45) is 4.09. The van der Waals surface area contributed by atoms with E-state index in [9.17, 15) is 9.18 Å². The van der Waals surface area contributed by atoms with Gasteiger partial charge in [0.2, 0.25) is 0 Å². The number of anilines is 1. The van der Waals surface area contributed by atoms with Crippen LogP contribution < -0.4 is 10.6 Å². The van der Waals surface area contributed by atoms with Crippen LogP contribution in [0.5, 0.6) is 0 Å². The topological polar surface area (TPSA) is 66.9 Å². The number of halogens is 1. The van der Waals surface area contributed by atoms with Gasteiger partial charge in [0, 0.05) is 24.3 Å². The minimum absolute atomic E-state index is 0.0309. The first-order valence-corrected chi connectivity index (χ1v) is 7.01. The first kappa shape index (κ1) is 14.4. The van der Waals surface area contributed by atoms with Gasteiger partial charge in [-0.2, -0.15) is 0 Å². The number of hydrogen-bond acceptors (Lipinski definition) is 5. The van der Waals surface area contributed by atoms with Gasteiger partial charge in [0.25, 0.3) is 5.91 Å². The van der Waals surface area contributed by atoms with Crippen LogP contribution in [-0.2, 0) is 13.0 Å². The smallest absolute Gasteiger partial charge is 0.254 e. The number of nitrogens with zero attached hydrogens (tertiary/aromatic N) is 2. The van der Waals surface area contributed by atoms with Gasteiger partial charge < -0.3 is 10.6 Å². The normalized spacial score (nSPS) is 10.3. The number of thiazole rings is 1. The third-order valence-corrected chi connectivity index (χ3v) is 3.86. The van der Waals surface area contributed by atoms with Crippen LogP contribution in [-0.4, -0.2) is 22.9 Å². The van der Waals surface area contributed by atoms with Crippen LogP contribution in [0.4, 0.5) is 10.2 Å². The zero-order valence-corrected chi connectivity index (χ0v) is 12.1. The highest BCUT2D eigenvalue weighted by molar-refractivity contribution is 7.11. The van der Waals surface area contributed by atoms with Gasteiger partial charge in [0.15, 0.2) is 11.6 Å². The highest BCUT2D eigenvalue weighted by atomic mass is 32.1. The van der Waals surface area contributed by atoms with E-state index in [0.717, 1.165) is 16.3 Å². The third-order valence-electron chi connectivity index (χ3n) is 2.72. The van der Waals surface area contributed by atoms with Gasteiger partial charge in [-0.1, -0.05) is 6.92 Å². The van der Waals surface area contributed by atoms with E-state index >= 15 is 0 Å². The second kappa shape index (κ2) is 6.42. The predicted octanol–water partition coefficient (Wildman–Crippen LogP) is 2.21. The van der Waals surface area contributed by atoms with Crippen LogP contribution >= 0.6 is 11.3 Å². The predicted molar refractivity (Wildman–Crippen MR) is 76.4 cm³/mol. The lowest BCUT2D eigenvalue weighted by molar-refractivity contribution is 0.0947. The highest BCUT2D eigenvalue weighted by Gasteiger charge is 2.15. The molecule has 0 unspecified atom stereocenters. The van der Waals surface area contributed by atoms with Crippen LogP contribution in [0.2, 0.25) is 0 Å². The Morgan fingerprint density at radius 1 is 1.45 bits per heavy atom. The number of carbonyl (C=O) groups excluding carboxylic acids is 1. The van der Waals surface area contributed by atoms with Crippen molar-refractivity contribution in [3.8, 4) is 0 Å². The Bertz CT molecular complexity index is 614. The fraction of sp³-hybridized carbons (Fsp3) is 0.308. The number of hydrogen-bond donors (Lipinski definition) is 2. The molecule has 20 heavy (non-hydrogen) atoms. The van der Waals surface area contributed by atoms with Crippen molar-refractivity contribution < 1.29 is 9.18 Å². The molecule has 2 N–H and O–H groups in total. The van der Waals surface area contributed by atoms with E-state index in [1.54, 1.807) is 13.2 Å². The average molecular weight is 294 g/mol. The number of amides is 1. The highest BCUT2D eigenvalue weighted by Crippen LogP contribution is 2.16. The molecule has 2 aromatic rings. The van der Waals surface area contributed by atoms with Crippen molar-refractivity contribution >= 4 is 23.1 Å². The van der Waals surface area contributed by atoms with Crippen molar-refractivity contribution in [2.24, 2.45) is 0 Å². The summed E-state index contributed by atoms with van der Waals surface area (Å²) in [7, 11) is 1.55. The Kier molecular flexibility index (Phi) is 4.62. The quantitative estimate of drug-likeness (QED) is 0.887. The van der Waals surface area contributed by atoms with Crippen LogP contribution in [0.15, 0.2) is 18.5 Å². The molecule has 106 valence electrons. The second-order valence-corrected chi connectivity index (χ2v) is 5.23. The number of nitrogens with one attached hydrogen (secondary N) is 2. The number of pyridine rings is 1. The van der Waals surface area contributed by atoms with Gasteiger partial charge in [0.05, 0.1) is 12.1 Å². The minimum Gasteiger partial charge on any atom is -0.371 e. The maximum atomic E-state index is 13.9. The first-order valence-electron chi connectivity index (χ1n) is 6.19. The summed E-state index contributed by atoms with van der Waals surface area (Å²) >= 11 is 1.54. The third kappa shape index (κ3) is 3.11. The van der Waals surface area contributed by atoms with Gasteiger partial charge in [-0.05, 0) is 12.5 Å². The van der Waals surface area contributed by atoms with Gasteiger partial charge in [-0.25, -0.2) is 14.4 Å². The summed E-state index contributed by atoms with van der Waals surface area (Å²) in [5.74, 6) is -1.07. The fourth-order valence-corrected chi connectivity index (χ4v) is 2.44. The molecule has 5 nitrogen and oxygen atoms in total. The fourth-order valence-electron chi connectivity index (χ4n) is 1.64. The van der Waals surface area contributed by atoms with Gasteiger partial charge in [-0.3, -0.25) is 4.79 Å². The standard InChI is InChI=1S/C13H15FN4OS/c1-3-8-6-17-10(20-8)7-18-13(19)9-4-5-16-12(15-2)11(9)14/h4-6H,3,7H2,1-2H3,(H,15,16)(H,18,19). The van der Waals surface area contributed by atoms with Crippen molar-refractivity contribution in [2.45, 2.75) is 19.9 Å². The van der Waals surface area contributed by atoms with Crippen LogP contribution in [0.3, 0.4) is 0 Å². The molecule has 0 aliphatic rings.